The third kappa shape index (κ3) is 27.4. The fourth-order valence-electron chi connectivity index (χ4n) is 7.70. The lowest BCUT2D eigenvalue weighted by Gasteiger charge is -2.46. The van der Waals surface area contributed by atoms with E-state index in [1.807, 2.05) is 13.8 Å². The lowest BCUT2D eigenvalue weighted by Crippen LogP contribution is -2.56. The van der Waals surface area contributed by atoms with Crippen molar-refractivity contribution in [3.05, 3.63) is 12.2 Å². The third-order valence-corrected chi connectivity index (χ3v) is 17.9. The molecular formula is C43H71F10N3O15Si2. The summed E-state index contributed by atoms with van der Waals surface area (Å²) in [5, 5.41) is 7.52. The number of hydrogen-bond donors (Lipinski definition) is 3. The molecule has 1 fully saturated rings. The molecule has 0 aromatic carbocycles. The number of hydrogen-bond acceptors (Lipinski definition) is 15. The van der Waals surface area contributed by atoms with Crippen LogP contribution in [0.15, 0.2) is 12.2 Å². The summed E-state index contributed by atoms with van der Waals surface area (Å²) in [5.74, 6) is -7.78. The molecule has 0 spiro atoms. The van der Waals surface area contributed by atoms with Crippen molar-refractivity contribution in [3.8, 4) is 0 Å². The maximum absolute atomic E-state index is 14.3. The summed E-state index contributed by atoms with van der Waals surface area (Å²) in [6.07, 6.45) is -27.9. The van der Waals surface area contributed by atoms with Gasteiger partial charge in [0.15, 0.2) is 23.2 Å². The minimum Gasteiger partial charge on any atom is -0.460 e. The Kier molecular flexibility index (Phi) is 26.4. The maximum Gasteiger partial charge on any atom is 0.453 e. The Labute approximate surface area is 420 Å². The Morgan fingerprint density at radius 1 is 0.616 bits per heavy atom. The third-order valence-electron chi connectivity index (χ3n) is 10.4. The summed E-state index contributed by atoms with van der Waals surface area (Å²) >= 11 is 0. The van der Waals surface area contributed by atoms with Gasteiger partial charge in [-0.3, -0.25) is 4.79 Å². The van der Waals surface area contributed by atoms with Crippen molar-refractivity contribution >= 4 is 46.9 Å². The van der Waals surface area contributed by atoms with Crippen LogP contribution >= 0.6 is 0 Å². The highest BCUT2D eigenvalue weighted by Gasteiger charge is 2.71. The Morgan fingerprint density at radius 2 is 1.12 bits per heavy atom. The van der Waals surface area contributed by atoms with Gasteiger partial charge in [-0.25, -0.2) is 28.7 Å². The zero-order chi connectivity index (χ0) is 56.2. The maximum atomic E-state index is 14.3. The van der Waals surface area contributed by atoms with Crippen molar-refractivity contribution in [2.75, 3.05) is 72.6 Å². The average Bonchev–Trinajstić information content (AvgIpc) is 3.20. The molecule has 2 atom stereocenters. The number of ether oxygens (including phenoxy) is 9. The van der Waals surface area contributed by atoms with Gasteiger partial charge in [0.1, 0.15) is 19.8 Å². The average molecular weight is 1120 g/mol. The van der Waals surface area contributed by atoms with Crippen molar-refractivity contribution in [1.29, 1.82) is 0 Å². The normalized spacial score (nSPS) is 17.8. The van der Waals surface area contributed by atoms with Gasteiger partial charge in [0, 0.05) is 38.3 Å². The first-order valence-corrected chi connectivity index (χ1v) is 29.3. The molecule has 18 nitrogen and oxygen atoms in total. The zero-order valence-electron chi connectivity index (χ0n) is 42.6. The molecule has 2 unspecified atom stereocenters. The predicted molar refractivity (Wildman–Crippen MR) is 243 cm³/mol. The summed E-state index contributed by atoms with van der Waals surface area (Å²) in [4.78, 5) is 58.7. The Morgan fingerprint density at radius 3 is 1.64 bits per heavy atom. The number of esters is 2. The second-order valence-corrected chi connectivity index (χ2v) is 28.5. The molecule has 426 valence electrons. The molecule has 73 heavy (non-hydrogen) atoms. The quantitative estimate of drug-likeness (QED) is 0.0137. The minimum atomic E-state index is -6.80. The van der Waals surface area contributed by atoms with E-state index >= 15 is 0 Å². The van der Waals surface area contributed by atoms with E-state index in [1.54, 1.807) is 6.92 Å². The van der Waals surface area contributed by atoms with Crippen LogP contribution in [0, 0.1) is 10.8 Å². The number of alkyl carbamates (subject to hydrolysis) is 3. The van der Waals surface area contributed by atoms with E-state index in [-0.39, 0.29) is 58.1 Å². The van der Waals surface area contributed by atoms with E-state index in [0.717, 1.165) is 24.9 Å². The summed E-state index contributed by atoms with van der Waals surface area (Å²) in [6, 6.07) is 0.972. The number of amides is 3. The summed E-state index contributed by atoms with van der Waals surface area (Å²) in [7, 11) is -4.07. The van der Waals surface area contributed by atoms with Gasteiger partial charge in [0.25, 0.3) is 0 Å². The first kappa shape index (κ1) is 67.0. The number of halogens is 10. The lowest BCUT2D eigenvalue weighted by molar-refractivity contribution is -0.529. The monoisotopic (exact) mass is 1120 g/mol. The van der Waals surface area contributed by atoms with E-state index in [9.17, 15) is 67.9 Å². The van der Waals surface area contributed by atoms with E-state index in [0.29, 0.717) is 33.0 Å². The first-order valence-electron chi connectivity index (χ1n) is 23.1. The van der Waals surface area contributed by atoms with Gasteiger partial charge in [-0.1, -0.05) is 27.4 Å². The molecule has 3 N–H and O–H groups in total. The molecule has 1 aliphatic rings. The molecule has 1 saturated carbocycles. The fourth-order valence-corrected chi connectivity index (χ4v) is 16.5. The van der Waals surface area contributed by atoms with Crippen LogP contribution in [0.1, 0.15) is 73.1 Å². The zero-order valence-corrected chi connectivity index (χ0v) is 44.6. The molecule has 0 bridgehead atoms. The molecule has 0 heterocycles. The van der Waals surface area contributed by atoms with E-state index in [4.69, 9.17) is 27.8 Å². The minimum absolute atomic E-state index is 0.00719. The van der Waals surface area contributed by atoms with Crippen molar-refractivity contribution in [2.45, 2.75) is 148 Å². The molecule has 0 aliphatic heterocycles. The van der Waals surface area contributed by atoms with Crippen LogP contribution < -0.4 is 16.0 Å². The molecule has 0 aromatic heterocycles. The lowest BCUT2D eigenvalue weighted by atomic mass is 9.62. The molecule has 30 heteroatoms. The Balaban J connectivity index is 2.42. The number of rotatable bonds is 34. The van der Waals surface area contributed by atoms with Crippen LogP contribution in [-0.2, 0) is 56.3 Å². The van der Waals surface area contributed by atoms with Gasteiger partial charge >= 0.3 is 60.6 Å². The van der Waals surface area contributed by atoms with Crippen molar-refractivity contribution in [1.82, 2.24) is 16.0 Å². The van der Waals surface area contributed by atoms with Crippen molar-refractivity contribution in [3.63, 3.8) is 0 Å². The highest BCUT2D eigenvalue weighted by molar-refractivity contribution is 6.84. The van der Waals surface area contributed by atoms with E-state index < -0.39 is 114 Å². The van der Waals surface area contributed by atoms with Crippen LogP contribution in [-0.4, -0.2) is 156 Å². The van der Waals surface area contributed by atoms with Crippen molar-refractivity contribution in [2.24, 2.45) is 10.8 Å². The van der Waals surface area contributed by atoms with Gasteiger partial charge in [-0.15, -0.1) is 0 Å². The van der Waals surface area contributed by atoms with Crippen LogP contribution in [0.3, 0.4) is 0 Å². The topological polar surface area (TPSA) is 214 Å². The van der Waals surface area contributed by atoms with Crippen molar-refractivity contribution < 1.29 is 115 Å². The number of nitrogens with one attached hydrogen (secondary N) is 3. The van der Waals surface area contributed by atoms with Gasteiger partial charge in [-0.05, 0) is 88.1 Å². The molecule has 1 aliphatic carbocycles. The van der Waals surface area contributed by atoms with Crippen LogP contribution in [0.5, 0.6) is 0 Å². The molecule has 1 rings (SSSR count). The highest BCUT2D eigenvalue weighted by atomic mass is 28.4. The smallest absolute Gasteiger partial charge is 0.453 e. The van der Waals surface area contributed by atoms with Gasteiger partial charge in [0.05, 0.1) is 32.8 Å². The van der Waals surface area contributed by atoms with Gasteiger partial charge < -0.3 is 53.2 Å². The number of carbonyl (C=O) groups excluding carboxylic acids is 5. The summed E-state index contributed by atoms with van der Waals surface area (Å²) < 4.78 is 185. The summed E-state index contributed by atoms with van der Waals surface area (Å²) in [6.45, 7) is 17.0. The fraction of sp³-hybridized carbons (Fsp3) is 0.837. The molecule has 3 amide bonds. The first-order chi connectivity index (χ1) is 33.2. The molecule has 0 saturated heterocycles. The second-order valence-electron chi connectivity index (χ2n) is 19.7. The van der Waals surface area contributed by atoms with E-state index in [1.165, 1.54) is 6.92 Å². The highest BCUT2D eigenvalue weighted by Crippen LogP contribution is 2.48. The Hall–Kier alpha value is -3.98. The Bertz CT molecular complexity index is 1810. The van der Waals surface area contributed by atoms with Crippen LogP contribution in [0.4, 0.5) is 58.3 Å². The van der Waals surface area contributed by atoms with Gasteiger partial charge in [-0.2, -0.15) is 43.9 Å². The van der Waals surface area contributed by atoms with E-state index in [2.05, 4.69) is 67.7 Å². The van der Waals surface area contributed by atoms with Crippen LogP contribution in [0.25, 0.3) is 0 Å². The van der Waals surface area contributed by atoms with Crippen LogP contribution in [0.2, 0.25) is 38.3 Å². The molecule has 0 radical (unpaired) electrons. The van der Waals surface area contributed by atoms with Gasteiger partial charge in [0.2, 0.25) is 0 Å². The SMILES string of the molecule is C=C(C)C(=O)OCCNC(=O)OCCOCCC[Si](C)(C)O[Si](C)(C)CCCOCCOC(=O)NCC1(C)CC(NC(=O)OCCC(F)(F)C(F)(F)OC(F)(F)C(F)(F)OC(F)(F)COC(C)=O)CC(C)(C)C1. The largest absolute Gasteiger partial charge is 0.460 e. The molecule has 0 aromatic rings. The second kappa shape index (κ2) is 28.8. The number of carbonyl (C=O) groups is 5. The standard InChI is InChI=1S/C43H71F10N3O15Si2/c1-30(2)33(58)64-18-14-54-34(59)66-21-19-62-15-11-23-72(7,8)71-73(9,10)24-12-16-63-20-22-67-35(60)55-28-38(6)26-32(25-37(4,5)27-38)56-36(61)65-17-13-39(44,45)41(48,49)70-43(52,53)42(50,51)69-40(46,47)29-68-31(3)57/h32H,1,11-29H2,2-10H3,(H,54,59)(H,55,60)(H,56,61). The number of alkyl halides is 10. The summed E-state index contributed by atoms with van der Waals surface area (Å²) in [5.41, 5.74) is -0.911. The molecular weight excluding hydrogens is 1040 g/mol. The predicted octanol–water partition coefficient (Wildman–Crippen LogP) is 9.10.